The summed E-state index contributed by atoms with van der Waals surface area (Å²) in [6.45, 7) is 2.64. The molecule has 1 fully saturated rings. The average molecular weight is 319 g/mol. The Bertz CT molecular complexity index is 713. The van der Waals surface area contributed by atoms with E-state index in [0.717, 1.165) is 23.6 Å². The number of nitrogens with zero attached hydrogens (tertiary/aromatic N) is 2. The Morgan fingerprint density at radius 2 is 2.18 bits per heavy atom. The number of hydrogen-bond acceptors (Lipinski definition) is 4. The first kappa shape index (κ1) is 15.2. The van der Waals surface area contributed by atoms with Crippen molar-refractivity contribution in [2.45, 2.75) is 51.6 Å². The highest BCUT2D eigenvalue weighted by Gasteiger charge is 2.19. The predicted octanol–water partition coefficient (Wildman–Crippen LogP) is 2.54. The molecule has 0 spiro atoms. The van der Waals surface area contributed by atoms with Crippen molar-refractivity contribution in [1.82, 2.24) is 14.9 Å². The van der Waals surface area contributed by atoms with Crippen LogP contribution in [-0.2, 0) is 11.3 Å². The summed E-state index contributed by atoms with van der Waals surface area (Å²) >= 11 is 1.45. The molecule has 6 heteroatoms. The number of nitrogens with one attached hydrogen (secondary N) is 1. The molecular weight excluding hydrogens is 298 g/mol. The van der Waals surface area contributed by atoms with Gasteiger partial charge in [-0.1, -0.05) is 6.92 Å². The zero-order valence-electron chi connectivity index (χ0n) is 12.7. The molecule has 1 amide bonds. The summed E-state index contributed by atoms with van der Waals surface area (Å²) in [5, 5.41) is 5.58. The van der Waals surface area contributed by atoms with Gasteiger partial charge in [-0.2, -0.15) is 0 Å². The number of thiophene rings is 1. The van der Waals surface area contributed by atoms with Gasteiger partial charge in [-0.15, -0.1) is 11.3 Å². The number of fused-ring (bicyclic) bond motifs is 1. The van der Waals surface area contributed by atoms with Gasteiger partial charge in [0.2, 0.25) is 5.91 Å². The first-order valence-electron chi connectivity index (χ1n) is 7.85. The molecule has 1 aliphatic rings. The summed E-state index contributed by atoms with van der Waals surface area (Å²) < 4.78 is 1.53. The Labute approximate surface area is 133 Å². The van der Waals surface area contributed by atoms with Gasteiger partial charge in [0.1, 0.15) is 4.83 Å². The van der Waals surface area contributed by atoms with Crippen molar-refractivity contribution in [2.24, 2.45) is 5.92 Å². The maximum absolute atomic E-state index is 12.2. The monoisotopic (exact) mass is 319 g/mol. The Hall–Kier alpha value is -1.69. The second-order valence-electron chi connectivity index (χ2n) is 6.16. The first-order chi connectivity index (χ1) is 10.6. The largest absolute Gasteiger partial charge is 0.353 e. The molecule has 0 aliphatic heterocycles. The molecule has 0 radical (unpaired) electrons. The number of hydrogen-bond donors (Lipinski definition) is 1. The van der Waals surface area contributed by atoms with Gasteiger partial charge in [-0.3, -0.25) is 14.2 Å². The van der Waals surface area contributed by atoms with E-state index in [1.54, 1.807) is 6.07 Å². The van der Waals surface area contributed by atoms with Crippen molar-refractivity contribution in [3.05, 3.63) is 28.1 Å². The standard InChI is InChI=1S/C16H21N3O2S/c1-11-2-4-12(5-3-11)18-14(20)6-8-19-10-17-15-13(16(19)21)7-9-22-15/h7,9-12H,2-6,8H2,1H3,(H,18,20). The summed E-state index contributed by atoms with van der Waals surface area (Å²) in [6, 6.07) is 2.09. The maximum Gasteiger partial charge on any atom is 0.262 e. The molecule has 5 nitrogen and oxygen atoms in total. The summed E-state index contributed by atoms with van der Waals surface area (Å²) in [6.07, 6.45) is 6.36. The van der Waals surface area contributed by atoms with Gasteiger partial charge >= 0.3 is 0 Å². The molecule has 22 heavy (non-hydrogen) atoms. The molecule has 1 saturated carbocycles. The maximum atomic E-state index is 12.2. The van der Waals surface area contributed by atoms with Gasteiger partial charge in [0, 0.05) is 19.0 Å². The Morgan fingerprint density at radius 1 is 1.41 bits per heavy atom. The van der Waals surface area contributed by atoms with Crippen LogP contribution < -0.4 is 10.9 Å². The van der Waals surface area contributed by atoms with Crippen LogP contribution in [0.15, 0.2) is 22.6 Å². The number of aryl methyl sites for hydroxylation is 1. The molecule has 0 atom stereocenters. The highest BCUT2D eigenvalue weighted by Crippen LogP contribution is 2.23. The number of carbonyl (C=O) groups excluding carboxylic acids is 1. The van der Waals surface area contributed by atoms with Gasteiger partial charge in [-0.25, -0.2) is 4.98 Å². The smallest absolute Gasteiger partial charge is 0.262 e. The molecule has 2 aromatic rings. The molecular formula is C16H21N3O2S. The lowest BCUT2D eigenvalue weighted by molar-refractivity contribution is -0.122. The molecule has 2 heterocycles. The first-order valence-corrected chi connectivity index (χ1v) is 8.73. The molecule has 0 bridgehead atoms. The summed E-state index contributed by atoms with van der Waals surface area (Å²) in [5.74, 6) is 0.798. The fraction of sp³-hybridized carbons (Fsp3) is 0.562. The van der Waals surface area contributed by atoms with Crippen molar-refractivity contribution in [3.63, 3.8) is 0 Å². The molecule has 1 N–H and O–H groups in total. The lowest BCUT2D eigenvalue weighted by Gasteiger charge is -2.26. The Morgan fingerprint density at radius 3 is 2.95 bits per heavy atom. The van der Waals surface area contributed by atoms with Crippen LogP contribution in [0.5, 0.6) is 0 Å². The van der Waals surface area contributed by atoms with E-state index in [4.69, 9.17) is 0 Å². The fourth-order valence-electron chi connectivity index (χ4n) is 2.98. The van der Waals surface area contributed by atoms with Crippen molar-refractivity contribution in [3.8, 4) is 0 Å². The third-order valence-corrected chi connectivity index (χ3v) is 5.23. The van der Waals surface area contributed by atoms with E-state index in [1.165, 1.54) is 35.1 Å². The van der Waals surface area contributed by atoms with Crippen LogP contribution in [0, 0.1) is 5.92 Å². The third kappa shape index (κ3) is 3.38. The number of rotatable bonds is 4. The summed E-state index contributed by atoms with van der Waals surface area (Å²) in [5.41, 5.74) is -0.0643. The van der Waals surface area contributed by atoms with E-state index in [9.17, 15) is 9.59 Å². The average Bonchev–Trinajstić information content (AvgIpc) is 2.98. The van der Waals surface area contributed by atoms with Crippen LogP contribution >= 0.6 is 11.3 Å². The minimum atomic E-state index is -0.0643. The van der Waals surface area contributed by atoms with E-state index in [2.05, 4.69) is 17.2 Å². The predicted molar refractivity (Wildman–Crippen MR) is 88.1 cm³/mol. The minimum absolute atomic E-state index is 0.0249. The zero-order chi connectivity index (χ0) is 15.5. The summed E-state index contributed by atoms with van der Waals surface area (Å²) in [7, 11) is 0. The van der Waals surface area contributed by atoms with Gasteiger partial charge in [-0.05, 0) is 43.0 Å². The van der Waals surface area contributed by atoms with Crippen molar-refractivity contribution >= 4 is 27.5 Å². The van der Waals surface area contributed by atoms with Crippen LogP contribution in [0.3, 0.4) is 0 Å². The second kappa shape index (κ2) is 6.60. The quantitative estimate of drug-likeness (QED) is 0.942. The highest BCUT2D eigenvalue weighted by molar-refractivity contribution is 7.16. The molecule has 0 unspecified atom stereocenters. The van der Waals surface area contributed by atoms with Gasteiger partial charge in [0.05, 0.1) is 11.7 Å². The van der Waals surface area contributed by atoms with Crippen molar-refractivity contribution < 1.29 is 4.79 Å². The molecule has 3 rings (SSSR count). The van der Waals surface area contributed by atoms with Crippen LogP contribution in [0.2, 0.25) is 0 Å². The van der Waals surface area contributed by atoms with E-state index in [1.807, 2.05) is 5.38 Å². The van der Waals surface area contributed by atoms with E-state index in [-0.39, 0.29) is 11.5 Å². The number of carbonyl (C=O) groups is 1. The van der Waals surface area contributed by atoms with Crippen LogP contribution in [0.1, 0.15) is 39.0 Å². The SMILES string of the molecule is CC1CCC(NC(=O)CCn2cnc3sccc3c2=O)CC1. The minimum Gasteiger partial charge on any atom is -0.353 e. The van der Waals surface area contributed by atoms with Crippen LogP contribution in [0.25, 0.3) is 10.2 Å². The highest BCUT2D eigenvalue weighted by atomic mass is 32.1. The number of aromatic nitrogens is 2. The van der Waals surface area contributed by atoms with Crippen molar-refractivity contribution in [2.75, 3.05) is 0 Å². The fourth-order valence-corrected chi connectivity index (χ4v) is 3.70. The molecule has 0 aromatic carbocycles. The van der Waals surface area contributed by atoms with Crippen LogP contribution in [0.4, 0.5) is 0 Å². The molecule has 0 saturated heterocycles. The van der Waals surface area contributed by atoms with Gasteiger partial charge < -0.3 is 5.32 Å². The zero-order valence-corrected chi connectivity index (χ0v) is 13.6. The molecule has 1 aliphatic carbocycles. The third-order valence-electron chi connectivity index (χ3n) is 4.41. The van der Waals surface area contributed by atoms with E-state index >= 15 is 0 Å². The lowest BCUT2D eigenvalue weighted by atomic mass is 9.87. The molecule has 2 aromatic heterocycles. The van der Waals surface area contributed by atoms with Crippen molar-refractivity contribution in [1.29, 1.82) is 0 Å². The summed E-state index contributed by atoms with van der Waals surface area (Å²) in [4.78, 5) is 29.3. The second-order valence-corrected chi connectivity index (χ2v) is 7.05. The number of amides is 1. The van der Waals surface area contributed by atoms with E-state index in [0.29, 0.717) is 24.4 Å². The molecule has 118 valence electrons. The van der Waals surface area contributed by atoms with Crippen LogP contribution in [-0.4, -0.2) is 21.5 Å². The lowest BCUT2D eigenvalue weighted by Crippen LogP contribution is -2.38. The van der Waals surface area contributed by atoms with Gasteiger partial charge in [0.25, 0.3) is 5.56 Å². The normalized spacial score (nSPS) is 21.9. The Balaban J connectivity index is 1.56. The van der Waals surface area contributed by atoms with Gasteiger partial charge in [0.15, 0.2) is 0 Å². The van der Waals surface area contributed by atoms with E-state index < -0.39 is 0 Å². The topological polar surface area (TPSA) is 64.0 Å². The Kier molecular flexibility index (Phi) is 4.57.